The van der Waals surface area contributed by atoms with Crippen LogP contribution in [0.1, 0.15) is 12.8 Å². The van der Waals surface area contributed by atoms with E-state index >= 15 is 0 Å². The molecule has 1 N–H and O–H groups in total. The Kier molecular flexibility index (Phi) is 2.81. The fourth-order valence-electron chi connectivity index (χ4n) is 1.44. The summed E-state index contributed by atoms with van der Waals surface area (Å²) >= 11 is 3.24. The number of benzene rings is 1. The largest absolute Gasteiger partial charge is 0.305 e. The number of hydrogen-bond acceptors (Lipinski definition) is 4. The van der Waals surface area contributed by atoms with Gasteiger partial charge in [-0.3, -0.25) is 0 Å². The third kappa shape index (κ3) is 2.35. The Morgan fingerprint density at radius 3 is 3.19 bits per heavy atom. The van der Waals surface area contributed by atoms with Crippen molar-refractivity contribution in [3.63, 3.8) is 0 Å². The topological polar surface area (TPSA) is 24.4 Å². The molecular formula is C11H11FN2S2. The molecule has 1 saturated carbocycles. The van der Waals surface area contributed by atoms with E-state index in [1.165, 1.54) is 36.9 Å². The zero-order valence-corrected chi connectivity index (χ0v) is 10.2. The van der Waals surface area contributed by atoms with E-state index < -0.39 is 0 Å². The number of aliphatic imine (C=N–C) groups is 1. The van der Waals surface area contributed by atoms with E-state index in [9.17, 15) is 4.39 Å². The van der Waals surface area contributed by atoms with Gasteiger partial charge >= 0.3 is 0 Å². The van der Waals surface area contributed by atoms with Crippen LogP contribution in [0, 0.1) is 11.7 Å². The van der Waals surface area contributed by atoms with Crippen molar-refractivity contribution in [1.29, 1.82) is 0 Å². The lowest BCUT2D eigenvalue weighted by Crippen LogP contribution is -2.15. The predicted octanol–water partition coefficient (Wildman–Crippen LogP) is 3.57. The SMILES string of the molecule is Fc1ccc2c(c1)N=C(SCC1CC1)NS2. The van der Waals surface area contributed by atoms with Gasteiger partial charge in [0.05, 0.1) is 10.6 Å². The molecule has 1 aromatic carbocycles. The molecule has 16 heavy (non-hydrogen) atoms. The zero-order chi connectivity index (χ0) is 11.0. The van der Waals surface area contributed by atoms with Crippen molar-refractivity contribution < 1.29 is 4.39 Å². The molecule has 1 aliphatic carbocycles. The van der Waals surface area contributed by atoms with Crippen molar-refractivity contribution in [2.45, 2.75) is 17.7 Å². The van der Waals surface area contributed by atoms with Crippen molar-refractivity contribution in [2.24, 2.45) is 10.9 Å². The first-order chi connectivity index (χ1) is 7.81. The molecule has 3 rings (SSSR count). The summed E-state index contributed by atoms with van der Waals surface area (Å²) in [6.45, 7) is 0. The van der Waals surface area contributed by atoms with E-state index in [0.29, 0.717) is 0 Å². The van der Waals surface area contributed by atoms with Crippen LogP contribution in [0.3, 0.4) is 0 Å². The number of thioether (sulfide) groups is 1. The van der Waals surface area contributed by atoms with Crippen LogP contribution in [0.15, 0.2) is 28.1 Å². The Morgan fingerprint density at radius 2 is 2.38 bits per heavy atom. The van der Waals surface area contributed by atoms with Crippen molar-refractivity contribution >= 4 is 34.6 Å². The van der Waals surface area contributed by atoms with Crippen molar-refractivity contribution in [3.8, 4) is 0 Å². The summed E-state index contributed by atoms with van der Waals surface area (Å²) in [6.07, 6.45) is 2.69. The quantitative estimate of drug-likeness (QED) is 0.817. The maximum atomic E-state index is 13.0. The van der Waals surface area contributed by atoms with Gasteiger partial charge in [-0.1, -0.05) is 11.8 Å². The third-order valence-electron chi connectivity index (χ3n) is 2.54. The van der Waals surface area contributed by atoms with Gasteiger partial charge in [0.2, 0.25) is 0 Å². The Balaban J connectivity index is 1.76. The number of amidine groups is 1. The highest BCUT2D eigenvalue weighted by Gasteiger charge is 2.23. The molecule has 2 aliphatic rings. The molecule has 0 spiro atoms. The Hall–Kier alpha value is -0.680. The van der Waals surface area contributed by atoms with Crippen LogP contribution in [-0.4, -0.2) is 10.9 Å². The summed E-state index contributed by atoms with van der Waals surface area (Å²) < 4.78 is 16.2. The molecule has 5 heteroatoms. The van der Waals surface area contributed by atoms with Crippen LogP contribution in [0.25, 0.3) is 0 Å². The zero-order valence-electron chi connectivity index (χ0n) is 8.57. The molecule has 0 atom stereocenters. The summed E-state index contributed by atoms with van der Waals surface area (Å²) in [4.78, 5) is 5.40. The van der Waals surface area contributed by atoms with Crippen LogP contribution in [0.5, 0.6) is 0 Å². The highest BCUT2D eigenvalue weighted by atomic mass is 32.2. The van der Waals surface area contributed by atoms with Crippen LogP contribution in [0.2, 0.25) is 0 Å². The summed E-state index contributed by atoms with van der Waals surface area (Å²) in [6, 6.07) is 4.71. The number of halogens is 1. The van der Waals surface area contributed by atoms with Gasteiger partial charge in [-0.2, -0.15) is 0 Å². The average molecular weight is 254 g/mol. The standard InChI is InChI=1S/C11H11FN2S2/c12-8-3-4-10-9(5-8)13-11(14-16-10)15-6-7-1-2-7/h3-5,7H,1-2,6H2,(H,13,14). The molecule has 84 valence electrons. The molecule has 0 unspecified atom stereocenters. The predicted molar refractivity (Wildman–Crippen MR) is 67.7 cm³/mol. The van der Waals surface area contributed by atoms with Crippen LogP contribution in [0.4, 0.5) is 10.1 Å². The molecule has 1 aromatic rings. The van der Waals surface area contributed by atoms with Gasteiger partial charge in [0, 0.05) is 11.8 Å². The van der Waals surface area contributed by atoms with E-state index in [1.54, 1.807) is 17.8 Å². The fourth-order valence-corrected chi connectivity index (χ4v) is 3.28. The molecule has 2 nitrogen and oxygen atoms in total. The Morgan fingerprint density at radius 1 is 1.50 bits per heavy atom. The van der Waals surface area contributed by atoms with Gasteiger partial charge in [-0.15, -0.1) is 0 Å². The second-order valence-electron chi connectivity index (χ2n) is 3.99. The number of nitrogens with zero attached hydrogens (tertiary/aromatic N) is 1. The summed E-state index contributed by atoms with van der Waals surface area (Å²) in [7, 11) is 0. The molecule has 1 aliphatic heterocycles. The van der Waals surface area contributed by atoms with Crippen LogP contribution < -0.4 is 4.72 Å². The maximum absolute atomic E-state index is 13.0. The monoisotopic (exact) mass is 254 g/mol. The third-order valence-corrected chi connectivity index (χ3v) is 4.64. The molecule has 0 aromatic heterocycles. The van der Waals surface area contributed by atoms with E-state index in [4.69, 9.17) is 0 Å². The van der Waals surface area contributed by atoms with E-state index in [-0.39, 0.29) is 5.82 Å². The maximum Gasteiger partial charge on any atom is 0.172 e. The minimum absolute atomic E-state index is 0.225. The molecule has 1 fully saturated rings. The lowest BCUT2D eigenvalue weighted by atomic mass is 10.3. The first kappa shape index (κ1) is 10.5. The highest BCUT2D eigenvalue weighted by molar-refractivity contribution is 8.15. The van der Waals surface area contributed by atoms with E-state index in [2.05, 4.69) is 9.71 Å². The Labute approximate surface area is 102 Å². The van der Waals surface area contributed by atoms with E-state index in [0.717, 1.165) is 27.4 Å². The van der Waals surface area contributed by atoms with Crippen molar-refractivity contribution in [2.75, 3.05) is 5.75 Å². The normalized spacial score (nSPS) is 18.7. The van der Waals surface area contributed by atoms with Crippen molar-refractivity contribution in [1.82, 2.24) is 4.72 Å². The second-order valence-corrected chi connectivity index (χ2v) is 5.84. The average Bonchev–Trinajstić information content (AvgIpc) is 3.09. The molecule has 0 radical (unpaired) electrons. The number of rotatable bonds is 2. The minimum Gasteiger partial charge on any atom is -0.305 e. The molecule has 0 amide bonds. The van der Waals surface area contributed by atoms with Gasteiger partial charge in [0.1, 0.15) is 5.82 Å². The second kappa shape index (κ2) is 4.30. The molecule has 0 saturated heterocycles. The van der Waals surface area contributed by atoms with Gasteiger partial charge in [-0.25, -0.2) is 9.38 Å². The number of fused-ring (bicyclic) bond motifs is 1. The van der Waals surface area contributed by atoms with Gasteiger partial charge in [-0.05, 0) is 42.8 Å². The van der Waals surface area contributed by atoms with Crippen molar-refractivity contribution in [3.05, 3.63) is 24.0 Å². The minimum atomic E-state index is -0.225. The number of nitrogens with one attached hydrogen (secondary N) is 1. The summed E-state index contributed by atoms with van der Waals surface area (Å²) in [5.74, 6) is 1.77. The Bertz CT molecular complexity index is 444. The summed E-state index contributed by atoms with van der Waals surface area (Å²) in [5, 5.41) is 0.898. The smallest absolute Gasteiger partial charge is 0.172 e. The van der Waals surface area contributed by atoms with Gasteiger partial charge < -0.3 is 4.72 Å². The summed E-state index contributed by atoms with van der Waals surface area (Å²) in [5.41, 5.74) is 0.738. The van der Waals surface area contributed by atoms with Crippen LogP contribution in [-0.2, 0) is 0 Å². The first-order valence-corrected chi connectivity index (χ1v) is 7.05. The first-order valence-electron chi connectivity index (χ1n) is 5.25. The molecule has 0 bridgehead atoms. The highest BCUT2D eigenvalue weighted by Crippen LogP contribution is 2.36. The molecular weight excluding hydrogens is 243 g/mol. The van der Waals surface area contributed by atoms with Gasteiger partial charge in [0.15, 0.2) is 5.17 Å². The molecule has 1 heterocycles. The lowest BCUT2D eigenvalue weighted by Gasteiger charge is -2.15. The van der Waals surface area contributed by atoms with Gasteiger partial charge in [0.25, 0.3) is 0 Å². The fraction of sp³-hybridized carbons (Fsp3) is 0.364. The lowest BCUT2D eigenvalue weighted by molar-refractivity contribution is 0.627. The van der Waals surface area contributed by atoms with Crippen LogP contribution >= 0.6 is 23.7 Å². The number of hydrogen-bond donors (Lipinski definition) is 1. The van der Waals surface area contributed by atoms with E-state index in [1.807, 2.05) is 0 Å².